The smallest absolute Gasteiger partial charge is 0.163 e. The van der Waals surface area contributed by atoms with Crippen molar-refractivity contribution in [2.45, 2.75) is 33.2 Å². The molecule has 2 aromatic carbocycles. The largest absolute Gasteiger partial charge is 0.496 e. The van der Waals surface area contributed by atoms with Crippen LogP contribution in [0.25, 0.3) is 28.5 Å². The van der Waals surface area contributed by atoms with Crippen molar-refractivity contribution in [3.63, 3.8) is 0 Å². The predicted molar refractivity (Wildman–Crippen MR) is 120 cm³/mol. The second kappa shape index (κ2) is 6.52. The maximum Gasteiger partial charge on any atom is 0.163 e. The molecule has 5 nitrogen and oxygen atoms in total. The molecular weight excluding hydrogens is 376 g/mol. The average molecular weight is 400 g/mol. The molecule has 1 aromatic heterocycles. The maximum absolute atomic E-state index is 6.42. The zero-order chi connectivity index (χ0) is 21.0. The summed E-state index contributed by atoms with van der Waals surface area (Å²) in [7, 11) is 1.69. The Bertz CT molecular complexity index is 1230. The summed E-state index contributed by atoms with van der Waals surface area (Å²) in [6, 6.07) is 12.0. The summed E-state index contributed by atoms with van der Waals surface area (Å²) in [5, 5.41) is 7.64. The van der Waals surface area contributed by atoms with E-state index in [1.54, 1.807) is 7.11 Å². The van der Waals surface area contributed by atoms with Gasteiger partial charge >= 0.3 is 0 Å². The normalized spacial score (nSPS) is 17.2. The Labute approximate surface area is 176 Å². The summed E-state index contributed by atoms with van der Waals surface area (Å²) in [4.78, 5) is 0. The standard InChI is InChI=1S/C25H24N2O3/c1-14-13-25(3,4)26-18-10-9-17-23-19(28-5)7-6-8-20(23)29-21(24(17)22(14)18)12-16-11-15(2)27-30-16/h6-13,26H,1-5H3. The van der Waals surface area contributed by atoms with E-state index in [0.29, 0.717) is 5.76 Å². The molecule has 0 amide bonds. The molecule has 0 radical (unpaired) electrons. The molecule has 5 heteroatoms. The SMILES string of the molecule is COc1cccc2c1-c1ccc3c(c1C(=Cc1cc(C)no1)O2)C(C)=CC(C)(C)N3. The van der Waals surface area contributed by atoms with E-state index in [0.717, 1.165) is 50.9 Å². The fourth-order valence-electron chi connectivity index (χ4n) is 4.46. The number of hydrogen-bond donors (Lipinski definition) is 1. The van der Waals surface area contributed by atoms with Crippen LogP contribution in [0, 0.1) is 6.92 Å². The van der Waals surface area contributed by atoms with Gasteiger partial charge in [0.05, 0.1) is 23.9 Å². The molecule has 3 aromatic rings. The first kappa shape index (κ1) is 18.6. The highest BCUT2D eigenvalue weighted by molar-refractivity contribution is 6.01. The van der Waals surface area contributed by atoms with E-state index in [1.165, 1.54) is 5.57 Å². The summed E-state index contributed by atoms with van der Waals surface area (Å²) in [6.07, 6.45) is 4.16. The monoisotopic (exact) mass is 400 g/mol. The van der Waals surface area contributed by atoms with Gasteiger partial charge in [0, 0.05) is 34.5 Å². The summed E-state index contributed by atoms with van der Waals surface area (Å²) in [6.45, 7) is 8.39. The lowest BCUT2D eigenvalue weighted by molar-refractivity contribution is 0.406. The molecule has 0 saturated heterocycles. The molecule has 5 rings (SSSR count). The number of methoxy groups -OCH3 is 1. The van der Waals surface area contributed by atoms with Gasteiger partial charge in [-0.25, -0.2) is 0 Å². The fourth-order valence-corrected chi connectivity index (χ4v) is 4.46. The number of rotatable bonds is 2. The number of aromatic nitrogens is 1. The fraction of sp³-hybridized carbons (Fsp3) is 0.240. The highest BCUT2D eigenvalue weighted by atomic mass is 16.5. The average Bonchev–Trinajstić information content (AvgIpc) is 3.10. The molecule has 0 fully saturated rings. The number of allylic oxidation sites excluding steroid dienone is 1. The molecule has 0 unspecified atom stereocenters. The summed E-state index contributed by atoms with van der Waals surface area (Å²) in [5.41, 5.74) is 7.18. The minimum Gasteiger partial charge on any atom is -0.496 e. The Morgan fingerprint density at radius 3 is 2.63 bits per heavy atom. The van der Waals surface area contributed by atoms with Crippen LogP contribution < -0.4 is 14.8 Å². The lowest BCUT2D eigenvalue weighted by Crippen LogP contribution is -2.32. The van der Waals surface area contributed by atoms with Crippen molar-refractivity contribution in [3.8, 4) is 22.6 Å². The van der Waals surface area contributed by atoms with Gasteiger partial charge in [0.15, 0.2) is 5.76 Å². The topological polar surface area (TPSA) is 56.5 Å². The Morgan fingerprint density at radius 2 is 1.90 bits per heavy atom. The van der Waals surface area contributed by atoms with Crippen molar-refractivity contribution in [3.05, 3.63) is 65.1 Å². The van der Waals surface area contributed by atoms with Gasteiger partial charge in [-0.1, -0.05) is 23.4 Å². The van der Waals surface area contributed by atoms with Gasteiger partial charge < -0.3 is 19.3 Å². The van der Waals surface area contributed by atoms with E-state index in [1.807, 2.05) is 37.3 Å². The Morgan fingerprint density at radius 1 is 1.07 bits per heavy atom. The van der Waals surface area contributed by atoms with Crippen LogP contribution in [0.5, 0.6) is 11.5 Å². The number of aryl methyl sites for hydroxylation is 1. The van der Waals surface area contributed by atoms with Crippen molar-refractivity contribution in [1.82, 2.24) is 5.16 Å². The van der Waals surface area contributed by atoms with E-state index in [-0.39, 0.29) is 5.54 Å². The van der Waals surface area contributed by atoms with Crippen LogP contribution in [-0.2, 0) is 0 Å². The number of nitrogens with zero attached hydrogens (tertiary/aromatic N) is 1. The van der Waals surface area contributed by atoms with Gasteiger partial charge in [-0.2, -0.15) is 0 Å². The number of anilines is 1. The summed E-state index contributed by atoms with van der Waals surface area (Å²) in [5.74, 6) is 2.93. The van der Waals surface area contributed by atoms with E-state index in [2.05, 4.69) is 49.5 Å². The van der Waals surface area contributed by atoms with Crippen molar-refractivity contribution in [1.29, 1.82) is 0 Å². The van der Waals surface area contributed by atoms with E-state index < -0.39 is 0 Å². The number of benzene rings is 2. The number of fused-ring (bicyclic) bond motifs is 5. The van der Waals surface area contributed by atoms with Gasteiger partial charge in [0.25, 0.3) is 0 Å². The van der Waals surface area contributed by atoms with E-state index in [9.17, 15) is 0 Å². The summed E-state index contributed by atoms with van der Waals surface area (Å²) < 4.78 is 17.5. The van der Waals surface area contributed by atoms with Gasteiger partial charge in [-0.3, -0.25) is 0 Å². The Balaban J connectivity index is 1.82. The molecule has 0 saturated carbocycles. The first-order chi connectivity index (χ1) is 14.4. The quantitative estimate of drug-likeness (QED) is 0.558. The van der Waals surface area contributed by atoms with Crippen molar-refractivity contribution >= 4 is 23.1 Å². The number of ether oxygens (including phenoxy) is 2. The Hall–Kier alpha value is -3.47. The van der Waals surface area contributed by atoms with Crippen LogP contribution in [0.4, 0.5) is 5.69 Å². The molecule has 0 aliphatic carbocycles. The molecule has 30 heavy (non-hydrogen) atoms. The minimum absolute atomic E-state index is 0.123. The molecule has 0 spiro atoms. The molecule has 0 atom stereocenters. The molecular formula is C25H24N2O3. The highest BCUT2D eigenvalue weighted by Gasteiger charge is 2.32. The Kier molecular flexibility index (Phi) is 4.03. The van der Waals surface area contributed by atoms with Crippen LogP contribution >= 0.6 is 0 Å². The van der Waals surface area contributed by atoms with Crippen molar-refractivity contribution < 1.29 is 14.0 Å². The van der Waals surface area contributed by atoms with Gasteiger partial charge in [-0.15, -0.1) is 0 Å². The molecule has 0 bridgehead atoms. The second-order valence-electron chi connectivity index (χ2n) is 8.40. The van der Waals surface area contributed by atoms with E-state index in [4.69, 9.17) is 14.0 Å². The van der Waals surface area contributed by atoms with Gasteiger partial charge in [0.2, 0.25) is 0 Å². The first-order valence-electron chi connectivity index (χ1n) is 10.0. The van der Waals surface area contributed by atoms with E-state index >= 15 is 0 Å². The summed E-state index contributed by atoms with van der Waals surface area (Å²) >= 11 is 0. The zero-order valence-corrected chi connectivity index (χ0v) is 17.8. The molecule has 3 heterocycles. The predicted octanol–water partition coefficient (Wildman–Crippen LogP) is 6.16. The maximum atomic E-state index is 6.42. The van der Waals surface area contributed by atoms with Gasteiger partial charge in [-0.05, 0) is 51.5 Å². The van der Waals surface area contributed by atoms with Crippen LogP contribution in [0.2, 0.25) is 0 Å². The minimum atomic E-state index is -0.123. The van der Waals surface area contributed by atoms with Crippen LogP contribution in [0.3, 0.4) is 0 Å². The second-order valence-corrected chi connectivity index (χ2v) is 8.40. The first-order valence-corrected chi connectivity index (χ1v) is 10.0. The van der Waals surface area contributed by atoms with Crippen LogP contribution in [-0.4, -0.2) is 17.8 Å². The third-order valence-corrected chi connectivity index (χ3v) is 5.50. The van der Waals surface area contributed by atoms with Crippen molar-refractivity contribution in [2.24, 2.45) is 0 Å². The molecule has 152 valence electrons. The molecule has 2 aliphatic rings. The third-order valence-electron chi connectivity index (χ3n) is 5.50. The number of hydrogen-bond acceptors (Lipinski definition) is 5. The third kappa shape index (κ3) is 2.89. The zero-order valence-electron chi connectivity index (χ0n) is 17.8. The van der Waals surface area contributed by atoms with Crippen LogP contribution in [0.15, 0.2) is 47.0 Å². The number of nitrogens with one attached hydrogen (secondary N) is 1. The van der Waals surface area contributed by atoms with Crippen LogP contribution in [0.1, 0.15) is 43.4 Å². The lowest BCUT2D eigenvalue weighted by atomic mass is 9.83. The lowest BCUT2D eigenvalue weighted by Gasteiger charge is -2.35. The molecule has 2 aliphatic heterocycles. The van der Waals surface area contributed by atoms with Gasteiger partial charge in [0.1, 0.15) is 17.3 Å². The van der Waals surface area contributed by atoms with Crippen molar-refractivity contribution in [2.75, 3.05) is 12.4 Å². The molecule has 1 N–H and O–H groups in total. The highest BCUT2D eigenvalue weighted by Crippen LogP contribution is 2.51.